The van der Waals surface area contributed by atoms with Crippen molar-refractivity contribution in [3.05, 3.63) is 0 Å². The molecule has 1 saturated carbocycles. The third-order valence-corrected chi connectivity index (χ3v) is 3.91. The fraction of sp³-hybridized carbons (Fsp3) is 1.00. The van der Waals surface area contributed by atoms with Crippen LogP contribution in [0.15, 0.2) is 0 Å². The van der Waals surface area contributed by atoms with Gasteiger partial charge in [0.1, 0.15) is 0 Å². The van der Waals surface area contributed by atoms with Crippen molar-refractivity contribution in [1.82, 2.24) is 10.2 Å². The molecule has 15 heavy (non-hydrogen) atoms. The third kappa shape index (κ3) is 3.76. The number of nitrogens with zero attached hydrogens (tertiary/aromatic N) is 1. The van der Waals surface area contributed by atoms with Crippen LogP contribution in [0.3, 0.4) is 0 Å². The van der Waals surface area contributed by atoms with Crippen molar-refractivity contribution in [2.45, 2.75) is 51.5 Å². The van der Waals surface area contributed by atoms with Crippen LogP contribution in [0.4, 0.5) is 0 Å². The SMILES string of the molecule is CC1CC(NCCCN2CCCCC2)C1. The van der Waals surface area contributed by atoms with Gasteiger partial charge in [-0.3, -0.25) is 0 Å². The zero-order chi connectivity index (χ0) is 10.5. The van der Waals surface area contributed by atoms with Crippen molar-refractivity contribution in [2.24, 2.45) is 5.92 Å². The van der Waals surface area contributed by atoms with E-state index in [9.17, 15) is 0 Å². The molecule has 0 radical (unpaired) electrons. The van der Waals surface area contributed by atoms with Crippen molar-refractivity contribution >= 4 is 0 Å². The Morgan fingerprint density at radius 1 is 1.13 bits per heavy atom. The van der Waals surface area contributed by atoms with E-state index in [1.807, 2.05) is 0 Å². The third-order valence-electron chi connectivity index (χ3n) is 3.91. The zero-order valence-electron chi connectivity index (χ0n) is 10.2. The van der Waals surface area contributed by atoms with Gasteiger partial charge in [-0.25, -0.2) is 0 Å². The molecule has 2 heteroatoms. The lowest BCUT2D eigenvalue weighted by Crippen LogP contribution is -2.41. The summed E-state index contributed by atoms with van der Waals surface area (Å²) < 4.78 is 0. The van der Waals surface area contributed by atoms with E-state index >= 15 is 0 Å². The Morgan fingerprint density at radius 3 is 2.53 bits per heavy atom. The molecule has 1 heterocycles. The van der Waals surface area contributed by atoms with Gasteiger partial charge in [0.25, 0.3) is 0 Å². The molecule has 2 rings (SSSR count). The number of hydrogen-bond donors (Lipinski definition) is 1. The lowest BCUT2D eigenvalue weighted by Gasteiger charge is -2.34. The van der Waals surface area contributed by atoms with Crippen LogP contribution in [-0.2, 0) is 0 Å². The molecular formula is C13H26N2. The molecule has 2 aliphatic rings. The first kappa shape index (κ1) is 11.4. The minimum absolute atomic E-state index is 0.848. The molecule has 2 nitrogen and oxygen atoms in total. The second-order valence-electron chi connectivity index (χ2n) is 5.48. The minimum Gasteiger partial charge on any atom is -0.314 e. The van der Waals surface area contributed by atoms with E-state index in [4.69, 9.17) is 0 Å². The van der Waals surface area contributed by atoms with Crippen LogP contribution in [-0.4, -0.2) is 37.1 Å². The van der Waals surface area contributed by atoms with E-state index in [0.29, 0.717) is 0 Å². The zero-order valence-corrected chi connectivity index (χ0v) is 10.2. The van der Waals surface area contributed by atoms with Crippen LogP contribution in [0.5, 0.6) is 0 Å². The first-order chi connectivity index (χ1) is 7.34. The van der Waals surface area contributed by atoms with E-state index in [0.717, 1.165) is 12.0 Å². The molecule has 1 saturated heterocycles. The standard InChI is InChI=1S/C13H26N2/c1-12-10-13(11-12)14-6-5-9-15-7-3-2-4-8-15/h12-14H,2-11H2,1H3. The molecule has 2 fully saturated rings. The summed E-state index contributed by atoms with van der Waals surface area (Å²) in [6.07, 6.45) is 8.45. The van der Waals surface area contributed by atoms with Crippen LogP contribution in [0.2, 0.25) is 0 Å². The van der Waals surface area contributed by atoms with Crippen molar-refractivity contribution < 1.29 is 0 Å². The Hall–Kier alpha value is -0.0800. The smallest absolute Gasteiger partial charge is 0.00721 e. The average Bonchev–Trinajstić information content (AvgIpc) is 2.23. The highest BCUT2D eigenvalue weighted by atomic mass is 15.1. The molecule has 0 spiro atoms. The summed E-state index contributed by atoms with van der Waals surface area (Å²) in [4.78, 5) is 2.63. The minimum atomic E-state index is 0.848. The highest BCUT2D eigenvalue weighted by Gasteiger charge is 2.24. The average molecular weight is 210 g/mol. The van der Waals surface area contributed by atoms with Gasteiger partial charge in [-0.2, -0.15) is 0 Å². The molecule has 0 unspecified atom stereocenters. The van der Waals surface area contributed by atoms with Crippen LogP contribution in [0.1, 0.15) is 45.4 Å². The summed E-state index contributed by atoms with van der Waals surface area (Å²) in [5, 5.41) is 3.66. The summed E-state index contributed by atoms with van der Waals surface area (Å²) in [5.74, 6) is 0.976. The molecule has 0 atom stereocenters. The Kier molecular flexibility index (Phi) is 4.45. The molecule has 0 aromatic rings. The predicted octanol–water partition coefficient (Wildman–Crippen LogP) is 2.25. The van der Waals surface area contributed by atoms with Crippen LogP contribution in [0, 0.1) is 5.92 Å². The van der Waals surface area contributed by atoms with Gasteiger partial charge in [-0.1, -0.05) is 13.3 Å². The van der Waals surface area contributed by atoms with Gasteiger partial charge in [0.05, 0.1) is 0 Å². The van der Waals surface area contributed by atoms with Gasteiger partial charge in [-0.05, 0) is 64.2 Å². The summed E-state index contributed by atoms with van der Waals surface area (Å²) in [5.41, 5.74) is 0. The molecule has 1 aliphatic heterocycles. The Balaban J connectivity index is 1.44. The summed E-state index contributed by atoms with van der Waals surface area (Å²) in [6.45, 7) is 7.59. The quantitative estimate of drug-likeness (QED) is 0.700. The lowest BCUT2D eigenvalue weighted by molar-refractivity contribution is 0.212. The molecule has 88 valence electrons. The highest BCUT2D eigenvalue weighted by molar-refractivity contribution is 4.82. The fourth-order valence-electron chi connectivity index (χ4n) is 2.86. The number of nitrogens with one attached hydrogen (secondary N) is 1. The molecule has 1 N–H and O–H groups in total. The maximum absolute atomic E-state index is 3.66. The van der Waals surface area contributed by atoms with E-state index in [1.165, 1.54) is 64.7 Å². The van der Waals surface area contributed by atoms with Gasteiger partial charge in [0.15, 0.2) is 0 Å². The lowest BCUT2D eigenvalue weighted by atomic mass is 9.82. The maximum Gasteiger partial charge on any atom is 0.00721 e. The van der Waals surface area contributed by atoms with Crippen molar-refractivity contribution in [2.75, 3.05) is 26.2 Å². The van der Waals surface area contributed by atoms with Crippen LogP contribution in [0.25, 0.3) is 0 Å². The largest absolute Gasteiger partial charge is 0.314 e. The predicted molar refractivity (Wildman–Crippen MR) is 65.1 cm³/mol. The van der Waals surface area contributed by atoms with E-state index in [1.54, 1.807) is 0 Å². The number of rotatable bonds is 5. The Bertz CT molecular complexity index is 169. The van der Waals surface area contributed by atoms with E-state index < -0.39 is 0 Å². The Morgan fingerprint density at radius 2 is 1.87 bits per heavy atom. The van der Waals surface area contributed by atoms with Crippen molar-refractivity contribution in [3.8, 4) is 0 Å². The number of piperidine rings is 1. The monoisotopic (exact) mass is 210 g/mol. The van der Waals surface area contributed by atoms with E-state index in [2.05, 4.69) is 17.1 Å². The summed E-state index contributed by atoms with van der Waals surface area (Å²) in [7, 11) is 0. The summed E-state index contributed by atoms with van der Waals surface area (Å²) >= 11 is 0. The molecule has 0 bridgehead atoms. The number of hydrogen-bond acceptors (Lipinski definition) is 2. The van der Waals surface area contributed by atoms with Crippen LogP contribution < -0.4 is 5.32 Å². The van der Waals surface area contributed by atoms with Gasteiger partial charge >= 0.3 is 0 Å². The molecule has 0 amide bonds. The molecule has 0 aromatic heterocycles. The number of likely N-dealkylation sites (tertiary alicyclic amines) is 1. The molecule has 1 aliphatic carbocycles. The second kappa shape index (κ2) is 5.86. The van der Waals surface area contributed by atoms with E-state index in [-0.39, 0.29) is 0 Å². The fourth-order valence-corrected chi connectivity index (χ4v) is 2.86. The Labute approximate surface area is 94.4 Å². The van der Waals surface area contributed by atoms with Crippen LogP contribution >= 0.6 is 0 Å². The summed E-state index contributed by atoms with van der Waals surface area (Å²) in [6, 6.07) is 0.848. The highest BCUT2D eigenvalue weighted by Crippen LogP contribution is 2.25. The van der Waals surface area contributed by atoms with Gasteiger partial charge in [-0.15, -0.1) is 0 Å². The normalized spacial score (nSPS) is 32.6. The van der Waals surface area contributed by atoms with Crippen molar-refractivity contribution in [3.63, 3.8) is 0 Å². The maximum atomic E-state index is 3.66. The first-order valence-electron chi connectivity index (χ1n) is 6.80. The van der Waals surface area contributed by atoms with Crippen molar-refractivity contribution in [1.29, 1.82) is 0 Å². The topological polar surface area (TPSA) is 15.3 Å². The van der Waals surface area contributed by atoms with Gasteiger partial charge in [0.2, 0.25) is 0 Å². The second-order valence-corrected chi connectivity index (χ2v) is 5.48. The van der Waals surface area contributed by atoms with Gasteiger partial charge in [0, 0.05) is 6.04 Å². The first-order valence-corrected chi connectivity index (χ1v) is 6.80. The molecular weight excluding hydrogens is 184 g/mol. The molecule has 0 aromatic carbocycles. The van der Waals surface area contributed by atoms with Gasteiger partial charge < -0.3 is 10.2 Å².